The molecule has 0 spiro atoms. The predicted octanol–water partition coefficient (Wildman–Crippen LogP) is 3.34. The van der Waals surface area contributed by atoms with Gasteiger partial charge in [-0.25, -0.2) is 9.97 Å². The maximum absolute atomic E-state index is 13.1. The number of nitrogens with zero attached hydrogens (tertiary/aromatic N) is 4. The number of fused-ring (bicyclic) bond motifs is 1. The second-order valence-electron chi connectivity index (χ2n) is 7.65. The third-order valence-electron chi connectivity index (χ3n) is 5.57. The van der Waals surface area contributed by atoms with E-state index >= 15 is 0 Å². The summed E-state index contributed by atoms with van der Waals surface area (Å²) in [6.07, 6.45) is 1.34. The van der Waals surface area contributed by atoms with Gasteiger partial charge < -0.3 is 10.2 Å². The van der Waals surface area contributed by atoms with Crippen LogP contribution in [0.4, 0.5) is 5.13 Å². The molecule has 4 aromatic rings. The Kier molecular flexibility index (Phi) is 4.83. The topological polar surface area (TPSA) is 80.1 Å². The third kappa shape index (κ3) is 3.78. The fourth-order valence-corrected chi connectivity index (χ4v) is 4.92. The Labute approximate surface area is 192 Å². The van der Waals surface area contributed by atoms with Gasteiger partial charge in [0, 0.05) is 25.7 Å². The van der Waals surface area contributed by atoms with E-state index in [2.05, 4.69) is 10.3 Å². The first-order chi connectivity index (χ1) is 16.3. The summed E-state index contributed by atoms with van der Waals surface area (Å²) in [5.74, 6) is 0.150. The van der Waals surface area contributed by atoms with Gasteiger partial charge in [0.05, 0.1) is 2.74 Å². The van der Waals surface area contributed by atoms with Crippen LogP contribution in [0.5, 0.6) is 0 Å². The van der Waals surface area contributed by atoms with Gasteiger partial charge >= 0.3 is 0 Å². The standard InChI is InChI=1S/C24H23N5O2S/c1-28-20(17-11-6-3-7-12-17)27-22-19(23(28)31)26-24(32-22)29-14-8-13-18(29)21(30)25-15-16-9-4-2-5-10-16/h2-7,9-12,18H,8,13-15H2,1H3,(H,25,30)/t18-/m1/s1/i15D2. The van der Waals surface area contributed by atoms with E-state index in [0.29, 0.717) is 34.3 Å². The van der Waals surface area contributed by atoms with Crippen LogP contribution in [0.1, 0.15) is 21.1 Å². The number of anilines is 1. The van der Waals surface area contributed by atoms with Gasteiger partial charge in [0.15, 0.2) is 15.5 Å². The molecule has 1 amide bonds. The minimum absolute atomic E-state index is 0.244. The molecule has 0 radical (unpaired) electrons. The molecular weight excluding hydrogens is 422 g/mol. The number of nitrogens with one attached hydrogen (secondary N) is 1. The second-order valence-corrected chi connectivity index (χ2v) is 8.60. The van der Waals surface area contributed by atoms with Crippen molar-refractivity contribution in [3.63, 3.8) is 0 Å². The molecule has 1 atom stereocenters. The van der Waals surface area contributed by atoms with Gasteiger partial charge in [0.25, 0.3) is 5.56 Å². The van der Waals surface area contributed by atoms with Gasteiger partial charge in [-0.05, 0) is 18.4 Å². The van der Waals surface area contributed by atoms with Gasteiger partial charge in [-0.2, -0.15) is 0 Å². The van der Waals surface area contributed by atoms with Crippen LogP contribution in [0, 0.1) is 0 Å². The zero-order chi connectivity index (χ0) is 23.9. The summed E-state index contributed by atoms with van der Waals surface area (Å²) in [6.45, 7) is -1.40. The van der Waals surface area contributed by atoms with Crippen molar-refractivity contribution in [2.45, 2.75) is 25.4 Å². The van der Waals surface area contributed by atoms with Crippen LogP contribution >= 0.6 is 11.3 Å². The zero-order valence-electron chi connectivity index (χ0n) is 19.5. The fourth-order valence-electron chi connectivity index (χ4n) is 3.92. The van der Waals surface area contributed by atoms with Gasteiger partial charge in [-0.3, -0.25) is 14.2 Å². The van der Waals surface area contributed by atoms with Crippen LogP contribution in [-0.2, 0) is 18.3 Å². The molecule has 2 aromatic heterocycles. The zero-order valence-corrected chi connectivity index (χ0v) is 18.3. The highest BCUT2D eigenvalue weighted by Gasteiger charge is 2.33. The minimum Gasteiger partial charge on any atom is -0.350 e. The molecule has 5 rings (SSSR count). The molecule has 0 saturated carbocycles. The van der Waals surface area contributed by atoms with Crippen molar-refractivity contribution in [3.05, 3.63) is 76.6 Å². The van der Waals surface area contributed by atoms with Crippen LogP contribution in [0.2, 0.25) is 0 Å². The van der Waals surface area contributed by atoms with Gasteiger partial charge in [0.1, 0.15) is 11.9 Å². The Morgan fingerprint density at radius 1 is 1.16 bits per heavy atom. The minimum atomic E-state index is -2.00. The second kappa shape index (κ2) is 8.55. The Bertz CT molecular complexity index is 1410. The lowest BCUT2D eigenvalue weighted by molar-refractivity contribution is -0.122. The smallest absolute Gasteiger partial charge is 0.281 e. The van der Waals surface area contributed by atoms with Crippen LogP contribution in [0.3, 0.4) is 0 Å². The summed E-state index contributed by atoms with van der Waals surface area (Å²) >= 11 is 1.28. The Hall–Kier alpha value is -3.52. The van der Waals surface area contributed by atoms with Crippen molar-refractivity contribution in [2.75, 3.05) is 11.4 Å². The van der Waals surface area contributed by atoms with Crippen LogP contribution in [0.25, 0.3) is 21.7 Å². The molecule has 0 aliphatic carbocycles. The first kappa shape index (κ1) is 18.1. The van der Waals surface area contributed by atoms with E-state index in [1.54, 1.807) is 37.4 Å². The lowest BCUT2D eigenvalue weighted by Crippen LogP contribution is -2.43. The van der Waals surface area contributed by atoms with E-state index in [4.69, 9.17) is 7.73 Å². The number of hydrogen-bond donors (Lipinski definition) is 1. The van der Waals surface area contributed by atoms with E-state index in [1.807, 2.05) is 35.2 Å². The lowest BCUT2D eigenvalue weighted by Gasteiger charge is -2.23. The number of carbonyl (C=O) groups excluding carboxylic acids is 1. The molecule has 1 aliphatic heterocycles. The number of rotatable bonds is 5. The van der Waals surface area contributed by atoms with E-state index in [-0.39, 0.29) is 11.1 Å². The highest BCUT2D eigenvalue weighted by molar-refractivity contribution is 7.21. The molecule has 3 heterocycles. The van der Waals surface area contributed by atoms with E-state index in [1.165, 1.54) is 15.9 Å². The average Bonchev–Trinajstić information content (AvgIpc) is 3.50. The van der Waals surface area contributed by atoms with E-state index in [9.17, 15) is 9.59 Å². The summed E-state index contributed by atoms with van der Waals surface area (Å²) in [6, 6.07) is 17.5. The molecule has 162 valence electrons. The quantitative estimate of drug-likeness (QED) is 0.508. The third-order valence-corrected chi connectivity index (χ3v) is 6.55. The molecule has 2 aromatic carbocycles. The predicted molar refractivity (Wildman–Crippen MR) is 127 cm³/mol. The molecule has 0 unspecified atom stereocenters. The highest BCUT2D eigenvalue weighted by Crippen LogP contribution is 2.32. The van der Waals surface area contributed by atoms with Crippen LogP contribution in [-0.4, -0.2) is 33.0 Å². The molecule has 1 N–H and O–H groups in total. The number of aromatic nitrogens is 3. The molecule has 1 aliphatic rings. The molecule has 7 nitrogen and oxygen atoms in total. The molecule has 0 bridgehead atoms. The maximum Gasteiger partial charge on any atom is 0.281 e. The summed E-state index contributed by atoms with van der Waals surface area (Å²) in [7, 11) is 1.67. The largest absolute Gasteiger partial charge is 0.350 e. The van der Waals surface area contributed by atoms with Gasteiger partial charge in [-0.15, -0.1) is 0 Å². The average molecular weight is 448 g/mol. The first-order valence-corrected chi connectivity index (χ1v) is 11.2. The maximum atomic E-state index is 13.1. The molecule has 32 heavy (non-hydrogen) atoms. The first-order valence-electron chi connectivity index (χ1n) is 11.4. The number of carbonyl (C=O) groups is 1. The van der Waals surface area contributed by atoms with E-state index < -0.39 is 18.4 Å². The number of hydrogen-bond acceptors (Lipinski definition) is 6. The van der Waals surface area contributed by atoms with Crippen LogP contribution in [0.15, 0.2) is 65.5 Å². The highest BCUT2D eigenvalue weighted by atomic mass is 32.1. The molecule has 1 fully saturated rings. The summed E-state index contributed by atoms with van der Waals surface area (Å²) in [5, 5.41) is 3.09. The number of amides is 1. The normalized spacial score (nSPS) is 17.3. The number of thiazole rings is 1. The Morgan fingerprint density at radius 3 is 2.62 bits per heavy atom. The monoisotopic (exact) mass is 447 g/mol. The van der Waals surface area contributed by atoms with Gasteiger partial charge in [-0.1, -0.05) is 72.0 Å². The summed E-state index contributed by atoms with van der Waals surface area (Å²) in [4.78, 5) is 37.7. The van der Waals surface area contributed by atoms with Crippen molar-refractivity contribution in [2.24, 2.45) is 7.05 Å². The SMILES string of the molecule is [2H]C([2H])(NC(=O)[C@H]1CCCN1c1nc2c(=O)n(C)c(-c3ccccc3)nc2s1)c1ccccc1. The van der Waals surface area contributed by atoms with Crippen LogP contribution < -0.4 is 15.8 Å². The Morgan fingerprint density at radius 2 is 1.88 bits per heavy atom. The van der Waals surface area contributed by atoms with Crippen molar-refractivity contribution < 1.29 is 7.54 Å². The molecular formula is C24H23N5O2S. The summed E-state index contributed by atoms with van der Waals surface area (Å²) < 4.78 is 18.1. The number of benzene rings is 2. The van der Waals surface area contributed by atoms with E-state index in [0.717, 1.165) is 12.0 Å². The van der Waals surface area contributed by atoms with Gasteiger partial charge in [0.2, 0.25) is 5.91 Å². The van der Waals surface area contributed by atoms with Crippen molar-refractivity contribution in [1.82, 2.24) is 19.9 Å². The van der Waals surface area contributed by atoms with Crippen molar-refractivity contribution in [1.29, 1.82) is 0 Å². The molecule has 1 saturated heterocycles. The summed E-state index contributed by atoms with van der Waals surface area (Å²) in [5.41, 5.74) is 1.24. The molecule has 8 heteroatoms. The van der Waals surface area contributed by atoms with Crippen molar-refractivity contribution >= 4 is 32.7 Å². The fraction of sp³-hybridized carbons (Fsp3) is 0.250. The lowest BCUT2D eigenvalue weighted by atomic mass is 10.2. The Balaban J connectivity index is 1.45. The van der Waals surface area contributed by atoms with Crippen molar-refractivity contribution in [3.8, 4) is 11.4 Å².